The molecule has 0 radical (unpaired) electrons. The van der Waals surface area contributed by atoms with Gasteiger partial charge in [0.2, 0.25) is 0 Å². The maximum atomic E-state index is 10.5. The van der Waals surface area contributed by atoms with Gasteiger partial charge >= 0.3 is 11.9 Å². The number of aliphatic hydroxyl groups excluding tert-OH is 2. The van der Waals surface area contributed by atoms with E-state index in [-0.39, 0.29) is 0 Å². The molecular formula is C7H10O8. The molecule has 0 saturated carbocycles. The van der Waals surface area contributed by atoms with E-state index >= 15 is 0 Å². The number of carboxylic acids is 2. The number of rotatable bonds is 7. The summed E-state index contributed by atoms with van der Waals surface area (Å²) in [6, 6.07) is 0. The van der Waals surface area contributed by atoms with E-state index in [0.29, 0.717) is 0 Å². The van der Waals surface area contributed by atoms with Crippen molar-refractivity contribution in [3.63, 3.8) is 0 Å². The predicted octanol–water partition coefficient (Wildman–Crippen LogP) is -2.54. The molecule has 0 heterocycles. The number of carbonyl (C=O) groups excluding carboxylic acids is 1. The molecule has 0 aromatic carbocycles. The first-order chi connectivity index (χ1) is 6.90. The summed E-state index contributed by atoms with van der Waals surface area (Å²) in [4.78, 5) is 31.2. The third-order valence-corrected chi connectivity index (χ3v) is 1.38. The van der Waals surface area contributed by atoms with Crippen LogP contribution < -0.4 is 0 Å². The van der Waals surface area contributed by atoms with Crippen LogP contribution in [0.3, 0.4) is 0 Å². The van der Waals surface area contributed by atoms with E-state index in [0.717, 1.165) is 0 Å². The molecule has 8 nitrogen and oxygen atoms in total. The largest absolute Gasteiger partial charge is 0.479 e. The lowest BCUT2D eigenvalue weighted by molar-refractivity contribution is -0.172. The minimum absolute atomic E-state index is 0.780. The third kappa shape index (κ3) is 4.49. The monoisotopic (exact) mass is 222 g/mol. The van der Waals surface area contributed by atoms with Gasteiger partial charge in [-0.15, -0.1) is 0 Å². The van der Waals surface area contributed by atoms with E-state index < -0.39 is 43.1 Å². The zero-order valence-electron chi connectivity index (χ0n) is 7.49. The lowest BCUT2D eigenvalue weighted by Gasteiger charge is -2.15. The molecule has 0 spiro atoms. The van der Waals surface area contributed by atoms with E-state index in [1.807, 2.05) is 0 Å². The minimum Gasteiger partial charge on any atom is -0.479 e. The molecule has 2 unspecified atom stereocenters. The maximum Gasteiger partial charge on any atom is 0.336 e. The Morgan fingerprint density at radius 1 is 1.13 bits per heavy atom. The van der Waals surface area contributed by atoms with Crippen molar-refractivity contribution in [2.75, 3.05) is 13.2 Å². The lowest BCUT2D eigenvalue weighted by Crippen LogP contribution is -2.42. The van der Waals surface area contributed by atoms with E-state index in [2.05, 4.69) is 4.74 Å². The van der Waals surface area contributed by atoms with Crippen LogP contribution in [0.4, 0.5) is 0 Å². The third-order valence-electron chi connectivity index (χ3n) is 1.38. The van der Waals surface area contributed by atoms with Crippen LogP contribution in [0, 0.1) is 0 Å². The number of carboxylic acid groups (broad SMARTS) is 2. The average Bonchev–Trinajstić information content (AvgIpc) is 2.16. The smallest absolute Gasteiger partial charge is 0.336 e. The molecule has 0 aliphatic carbocycles. The Labute approximate surface area is 83.7 Å². The van der Waals surface area contributed by atoms with Crippen LogP contribution in [0.5, 0.6) is 0 Å². The highest BCUT2D eigenvalue weighted by atomic mass is 16.5. The summed E-state index contributed by atoms with van der Waals surface area (Å²) in [5.74, 6) is -4.31. The van der Waals surface area contributed by atoms with Gasteiger partial charge in [-0.3, -0.25) is 4.79 Å². The zero-order chi connectivity index (χ0) is 12.0. The fourth-order valence-electron chi connectivity index (χ4n) is 0.655. The van der Waals surface area contributed by atoms with Gasteiger partial charge in [0.05, 0.1) is 0 Å². The van der Waals surface area contributed by atoms with Crippen LogP contribution in [0.25, 0.3) is 0 Å². The molecule has 2 atom stereocenters. The first kappa shape index (κ1) is 13.5. The molecule has 0 fully saturated rings. The SMILES string of the molecule is O=C(CO)COC(C(=O)O)C(O)C(=O)O. The second kappa shape index (κ2) is 6.06. The Morgan fingerprint density at radius 3 is 2.00 bits per heavy atom. The van der Waals surface area contributed by atoms with Gasteiger partial charge in [-0.05, 0) is 0 Å². The van der Waals surface area contributed by atoms with E-state index in [9.17, 15) is 14.4 Å². The number of ether oxygens (including phenoxy) is 1. The highest BCUT2D eigenvalue weighted by Gasteiger charge is 2.33. The summed E-state index contributed by atoms with van der Waals surface area (Å²) >= 11 is 0. The minimum atomic E-state index is -2.27. The second-order valence-electron chi connectivity index (χ2n) is 2.55. The standard InChI is InChI=1S/C7H10O8/c8-1-3(9)2-15-5(7(13)14)4(10)6(11)12/h4-5,8,10H,1-2H2,(H,11,12)(H,13,14). The first-order valence-electron chi connectivity index (χ1n) is 3.78. The molecule has 0 aromatic rings. The molecule has 0 aromatic heterocycles. The molecule has 0 bridgehead atoms. The molecule has 0 aliphatic heterocycles. The van der Waals surface area contributed by atoms with Crippen molar-refractivity contribution in [1.82, 2.24) is 0 Å². The maximum absolute atomic E-state index is 10.5. The van der Waals surface area contributed by atoms with Gasteiger partial charge in [-0.25, -0.2) is 9.59 Å². The van der Waals surface area contributed by atoms with Gasteiger partial charge in [0.25, 0.3) is 0 Å². The zero-order valence-corrected chi connectivity index (χ0v) is 7.49. The molecule has 8 heteroatoms. The fraction of sp³-hybridized carbons (Fsp3) is 0.571. The summed E-state index contributed by atoms with van der Waals surface area (Å²) in [5, 5.41) is 33.9. The van der Waals surface area contributed by atoms with Gasteiger partial charge in [-0.2, -0.15) is 0 Å². The fourth-order valence-corrected chi connectivity index (χ4v) is 0.655. The Morgan fingerprint density at radius 2 is 1.67 bits per heavy atom. The molecule has 86 valence electrons. The van der Waals surface area contributed by atoms with Crippen molar-refractivity contribution in [3.8, 4) is 0 Å². The number of carbonyl (C=O) groups is 3. The van der Waals surface area contributed by atoms with Gasteiger partial charge < -0.3 is 25.2 Å². The Bertz CT molecular complexity index is 260. The van der Waals surface area contributed by atoms with Gasteiger partial charge in [-0.1, -0.05) is 0 Å². The van der Waals surface area contributed by atoms with Gasteiger partial charge in [0.1, 0.15) is 13.2 Å². The lowest BCUT2D eigenvalue weighted by atomic mass is 10.2. The molecule has 0 saturated heterocycles. The Kier molecular flexibility index (Phi) is 5.45. The highest BCUT2D eigenvalue weighted by molar-refractivity contribution is 5.84. The summed E-state index contributed by atoms with van der Waals surface area (Å²) in [6.07, 6.45) is -4.31. The molecule has 0 aliphatic rings. The summed E-state index contributed by atoms with van der Waals surface area (Å²) in [7, 11) is 0. The van der Waals surface area contributed by atoms with Crippen molar-refractivity contribution in [2.24, 2.45) is 0 Å². The number of Topliss-reactive ketones (excluding diaryl/α,β-unsaturated/α-hetero) is 1. The van der Waals surface area contributed by atoms with Gasteiger partial charge in [0, 0.05) is 0 Å². The number of hydrogen-bond donors (Lipinski definition) is 4. The van der Waals surface area contributed by atoms with Crippen molar-refractivity contribution < 1.29 is 39.5 Å². The predicted molar refractivity (Wildman–Crippen MR) is 43.1 cm³/mol. The highest BCUT2D eigenvalue weighted by Crippen LogP contribution is 2.01. The van der Waals surface area contributed by atoms with Crippen LogP contribution in [0.2, 0.25) is 0 Å². The van der Waals surface area contributed by atoms with Crippen LogP contribution in [-0.4, -0.2) is 63.6 Å². The molecule has 0 rings (SSSR count). The average molecular weight is 222 g/mol. The number of ketones is 1. The van der Waals surface area contributed by atoms with Crippen molar-refractivity contribution in [3.05, 3.63) is 0 Å². The summed E-state index contributed by atoms with van der Waals surface area (Å²) in [5.41, 5.74) is 0. The number of hydrogen-bond acceptors (Lipinski definition) is 6. The van der Waals surface area contributed by atoms with Crippen molar-refractivity contribution >= 4 is 17.7 Å². The first-order valence-corrected chi connectivity index (χ1v) is 3.78. The van der Waals surface area contributed by atoms with Crippen LogP contribution >= 0.6 is 0 Å². The quantitative estimate of drug-likeness (QED) is 0.369. The molecule has 15 heavy (non-hydrogen) atoms. The van der Waals surface area contributed by atoms with E-state index in [1.165, 1.54) is 0 Å². The molecular weight excluding hydrogens is 212 g/mol. The van der Waals surface area contributed by atoms with Crippen LogP contribution in [-0.2, 0) is 19.1 Å². The molecule has 0 amide bonds. The number of aliphatic carboxylic acids is 2. The summed E-state index contributed by atoms with van der Waals surface area (Å²) in [6.45, 7) is -1.63. The topological polar surface area (TPSA) is 141 Å². The Hall–Kier alpha value is -1.51. The van der Waals surface area contributed by atoms with Gasteiger partial charge in [0.15, 0.2) is 18.0 Å². The van der Waals surface area contributed by atoms with Crippen LogP contribution in [0.1, 0.15) is 0 Å². The van der Waals surface area contributed by atoms with E-state index in [4.69, 9.17) is 20.4 Å². The van der Waals surface area contributed by atoms with Crippen molar-refractivity contribution in [1.29, 1.82) is 0 Å². The Balaban J connectivity index is 4.35. The van der Waals surface area contributed by atoms with Crippen LogP contribution in [0.15, 0.2) is 0 Å². The summed E-state index contributed by atoms with van der Waals surface area (Å²) < 4.78 is 4.34. The normalized spacial score (nSPS) is 14.3. The molecule has 4 N–H and O–H groups in total. The van der Waals surface area contributed by atoms with Crippen molar-refractivity contribution in [2.45, 2.75) is 12.2 Å². The van der Waals surface area contributed by atoms with E-state index in [1.54, 1.807) is 0 Å². The number of aliphatic hydroxyl groups is 2. The second-order valence-corrected chi connectivity index (χ2v) is 2.55.